The maximum absolute atomic E-state index is 11.5. The molecule has 21 heavy (non-hydrogen) atoms. The summed E-state index contributed by atoms with van der Waals surface area (Å²) < 4.78 is 0. The first kappa shape index (κ1) is 16.8. The fourth-order valence-electron chi connectivity index (χ4n) is 3.53. The van der Waals surface area contributed by atoms with E-state index in [9.17, 15) is 9.90 Å². The van der Waals surface area contributed by atoms with Crippen LogP contribution in [0.25, 0.3) is 0 Å². The average molecular weight is 296 g/mol. The number of nitrogens with one attached hydrogen (secondary N) is 1. The molecule has 2 rings (SSSR count). The Morgan fingerprint density at radius 2 is 2.05 bits per heavy atom. The highest BCUT2D eigenvalue weighted by atomic mass is 16.4. The molecule has 0 spiro atoms. The molecule has 122 valence electrons. The van der Waals surface area contributed by atoms with Crippen molar-refractivity contribution < 1.29 is 9.90 Å². The lowest BCUT2D eigenvalue weighted by molar-refractivity contribution is -0.144. The number of unbranched alkanes of at least 4 members (excludes halogenated alkanes) is 1. The first-order chi connectivity index (χ1) is 10.0. The highest BCUT2D eigenvalue weighted by molar-refractivity contribution is 5.78. The van der Waals surface area contributed by atoms with Crippen molar-refractivity contribution in [3.63, 3.8) is 0 Å². The molecular formula is C17H32N2O2. The zero-order chi connectivity index (χ0) is 15.3. The lowest BCUT2D eigenvalue weighted by Crippen LogP contribution is -2.50. The number of carboxylic acids is 1. The Morgan fingerprint density at radius 3 is 2.67 bits per heavy atom. The van der Waals surface area contributed by atoms with E-state index in [2.05, 4.69) is 17.1 Å². The van der Waals surface area contributed by atoms with Crippen molar-refractivity contribution >= 4 is 5.97 Å². The first-order valence-corrected chi connectivity index (χ1v) is 8.80. The van der Waals surface area contributed by atoms with Crippen molar-refractivity contribution in [1.29, 1.82) is 0 Å². The van der Waals surface area contributed by atoms with Gasteiger partial charge in [-0.1, -0.05) is 13.3 Å². The summed E-state index contributed by atoms with van der Waals surface area (Å²) in [6.07, 6.45) is 10.4. The second-order valence-corrected chi connectivity index (χ2v) is 7.11. The van der Waals surface area contributed by atoms with Crippen LogP contribution in [0.3, 0.4) is 0 Å². The van der Waals surface area contributed by atoms with E-state index >= 15 is 0 Å². The lowest BCUT2D eigenvalue weighted by Gasteiger charge is -2.35. The minimum absolute atomic E-state index is 0.442. The smallest absolute Gasteiger partial charge is 0.323 e. The van der Waals surface area contributed by atoms with Crippen molar-refractivity contribution in [1.82, 2.24) is 10.2 Å². The van der Waals surface area contributed by atoms with Crippen LogP contribution in [0.4, 0.5) is 0 Å². The molecule has 2 fully saturated rings. The molecule has 2 aliphatic rings. The van der Waals surface area contributed by atoms with Gasteiger partial charge >= 0.3 is 5.97 Å². The summed E-state index contributed by atoms with van der Waals surface area (Å²) in [6.45, 7) is 6.50. The van der Waals surface area contributed by atoms with Gasteiger partial charge in [0.25, 0.3) is 0 Å². The summed E-state index contributed by atoms with van der Waals surface area (Å²) in [7, 11) is 0. The van der Waals surface area contributed by atoms with E-state index in [0.29, 0.717) is 6.04 Å². The van der Waals surface area contributed by atoms with Crippen LogP contribution >= 0.6 is 0 Å². The van der Waals surface area contributed by atoms with Crippen LogP contribution in [0.5, 0.6) is 0 Å². The first-order valence-electron chi connectivity index (χ1n) is 8.80. The van der Waals surface area contributed by atoms with E-state index < -0.39 is 11.5 Å². The Kier molecular flexibility index (Phi) is 6.06. The maximum Gasteiger partial charge on any atom is 0.323 e. The number of rotatable bonds is 9. The Labute approximate surface area is 129 Å². The Morgan fingerprint density at radius 1 is 1.29 bits per heavy atom. The fourth-order valence-corrected chi connectivity index (χ4v) is 3.53. The molecule has 0 aromatic heterocycles. The number of nitrogens with zero attached hydrogens (tertiary/aromatic N) is 1. The third kappa shape index (κ3) is 4.96. The number of likely N-dealkylation sites (tertiary alicyclic amines) is 1. The highest BCUT2D eigenvalue weighted by Gasteiger charge is 2.37. The summed E-state index contributed by atoms with van der Waals surface area (Å²) in [5.74, 6) is -0.696. The minimum atomic E-state index is -0.729. The van der Waals surface area contributed by atoms with Crippen LogP contribution in [0.15, 0.2) is 0 Å². The van der Waals surface area contributed by atoms with Crippen molar-refractivity contribution in [2.45, 2.75) is 89.3 Å². The molecule has 1 heterocycles. The number of carbonyl (C=O) groups is 1. The number of carboxylic acid groups (broad SMARTS) is 1. The van der Waals surface area contributed by atoms with Crippen LogP contribution in [-0.4, -0.2) is 46.7 Å². The number of hydrogen-bond acceptors (Lipinski definition) is 3. The zero-order valence-corrected chi connectivity index (χ0v) is 13.7. The highest BCUT2D eigenvalue weighted by Crippen LogP contribution is 2.26. The van der Waals surface area contributed by atoms with E-state index in [-0.39, 0.29) is 0 Å². The molecule has 2 atom stereocenters. The van der Waals surface area contributed by atoms with Gasteiger partial charge in [0.1, 0.15) is 5.54 Å². The molecule has 1 saturated carbocycles. The normalized spacial score (nSPS) is 26.5. The molecule has 2 unspecified atom stereocenters. The zero-order valence-electron chi connectivity index (χ0n) is 13.7. The fraction of sp³-hybridized carbons (Fsp3) is 0.941. The average Bonchev–Trinajstić information content (AvgIpc) is 3.27. The Bertz CT molecular complexity index is 344. The summed E-state index contributed by atoms with van der Waals surface area (Å²) >= 11 is 0. The molecule has 1 saturated heterocycles. The van der Waals surface area contributed by atoms with Gasteiger partial charge in [-0.15, -0.1) is 0 Å². The molecule has 4 nitrogen and oxygen atoms in total. The summed E-state index contributed by atoms with van der Waals surface area (Å²) in [4.78, 5) is 14.1. The Hall–Kier alpha value is -0.610. The van der Waals surface area contributed by atoms with E-state index in [1.165, 1.54) is 32.2 Å². The third-order valence-corrected chi connectivity index (χ3v) is 5.16. The SMILES string of the molecule is CCC1CCCCN1CCCCC(C)(NC1CC1)C(=O)O. The quantitative estimate of drug-likeness (QED) is 0.642. The van der Waals surface area contributed by atoms with Gasteiger partial charge in [0, 0.05) is 12.1 Å². The van der Waals surface area contributed by atoms with Crippen LogP contribution in [-0.2, 0) is 4.79 Å². The monoisotopic (exact) mass is 296 g/mol. The molecule has 1 aliphatic carbocycles. The summed E-state index contributed by atoms with van der Waals surface area (Å²) in [5, 5.41) is 12.8. The van der Waals surface area contributed by atoms with Crippen molar-refractivity contribution in [2.75, 3.05) is 13.1 Å². The maximum atomic E-state index is 11.5. The molecule has 0 bridgehead atoms. The molecule has 4 heteroatoms. The van der Waals surface area contributed by atoms with E-state index in [1.807, 2.05) is 6.92 Å². The molecule has 0 aromatic carbocycles. The van der Waals surface area contributed by atoms with Gasteiger partial charge in [0.15, 0.2) is 0 Å². The molecule has 0 radical (unpaired) electrons. The summed E-state index contributed by atoms with van der Waals surface area (Å²) in [6, 6.07) is 1.20. The molecular weight excluding hydrogens is 264 g/mol. The van der Waals surface area contributed by atoms with Crippen molar-refractivity contribution in [3.05, 3.63) is 0 Å². The van der Waals surface area contributed by atoms with Crippen LogP contribution in [0, 0.1) is 0 Å². The number of hydrogen-bond donors (Lipinski definition) is 2. The van der Waals surface area contributed by atoms with Crippen molar-refractivity contribution in [2.24, 2.45) is 0 Å². The third-order valence-electron chi connectivity index (χ3n) is 5.16. The van der Waals surface area contributed by atoms with Gasteiger partial charge in [-0.25, -0.2) is 0 Å². The van der Waals surface area contributed by atoms with Crippen LogP contribution < -0.4 is 5.32 Å². The lowest BCUT2D eigenvalue weighted by atomic mass is 9.94. The van der Waals surface area contributed by atoms with E-state index in [4.69, 9.17) is 0 Å². The standard InChI is InChI=1S/C17H32N2O2/c1-3-15-8-4-6-12-19(15)13-7-5-11-17(2,16(20)21)18-14-9-10-14/h14-15,18H,3-13H2,1-2H3,(H,20,21). The Balaban J connectivity index is 1.70. The largest absolute Gasteiger partial charge is 0.480 e. The predicted molar refractivity (Wildman–Crippen MR) is 85.6 cm³/mol. The molecule has 0 amide bonds. The number of piperidine rings is 1. The summed E-state index contributed by atoms with van der Waals surface area (Å²) in [5.41, 5.74) is -0.729. The second-order valence-electron chi connectivity index (χ2n) is 7.11. The van der Waals surface area contributed by atoms with E-state index in [0.717, 1.165) is 44.7 Å². The van der Waals surface area contributed by atoms with Gasteiger partial charge in [0.05, 0.1) is 0 Å². The van der Waals surface area contributed by atoms with Crippen LogP contribution in [0.1, 0.15) is 71.6 Å². The molecule has 2 N–H and O–H groups in total. The van der Waals surface area contributed by atoms with Crippen molar-refractivity contribution in [3.8, 4) is 0 Å². The van der Waals surface area contributed by atoms with Gasteiger partial charge in [-0.2, -0.15) is 0 Å². The van der Waals surface area contributed by atoms with Gasteiger partial charge in [-0.05, 0) is 71.4 Å². The van der Waals surface area contributed by atoms with E-state index in [1.54, 1.807) is 0 Å². The molecule has 0 aromatic rings. The van der Waals surface area contributed by atoms with Gasteiger partial charge < -0.3 is 10.0 Å². The molecule has 1 aliphatic heterocycles. The van der Waals surface area contributed by atoms with Gasteiger partial charge in [0.2, 0.25) is 0 Å². The number of aliphatic carboxylic acids is 1. The topological polar surface area (TPSA) is 52.6 Å². The second kappa shape index (κ2) is 7.59. The minimum Gasteiger partial charge on any atom is -0.480 e. The predicted octanol–water partition coefficient (Wildman–Crippen LogP) is 3.02. The van der Waals surface area contributed by atoms with Gasteiger partial charge in [-0.3, -0.25) is 10.1 Å². The van der Waals surface area contributed by atoms with Crippen LogP contribution in [0.2, 0.25) is 0 Å².